The summed E-state index contributed by atoms with van der Waals surface area (Å²) in [5.74, 6) is -3.21. The molecule has 0 aliphatic carbocycles. The standard InChI is InChI=1S/C22H25F2N3O3/c1-6-30-21(29)14-10-27(20(28)13-7-8-15(23)16(24)9-13)11-22(4,5)17-18(12(2)3)25-26-19(14)17/h7-10,12H,6,11H2,1-5H3,(H,25,26). The Kier molecular flexibility index (Phi) is 5.78. The van der Waals surface area contributed by atoms with Crippen LogP contribution in [0.5, 0.6) is 0 Å². The molecular formula is C22H25F2N3O3. The van der Waals surface area contributed by atoms with Gasteiger partial charge in [0, 0.05) is 29.3 Å². The summed E-state index contributed by atoms with van der Waals surface area (Å²) in [5.41, 5.74) is 1.69. The van der Waals surface area contributed by atoms with Gasteiger partial charge >= 0.3 is 5.97 Å². The Bertz CT molecular complexity index is 1020. The number of hydrogen-bond donors (Lipinski definition) is 1. The smallest absolute Gasteiger partial charge is 0.341 e. The third kappa shape index (κ3) is 3.86. The molecule has 1 aromatic heterocycles. The Balaban J connectivity index is 2.15. The van der Waals surface area contributed by atoms with Gasteiger partial charge in [-0.15, -0.1) is 0 Å². The zero-order valence-corrected chi connectivity index (χ0v) is 17.7. The molecule has 1 aromatic carbocycles. The lowest BCUT2D eigenvalue weighted by Crippen LogP contribution is -2.37. The van der Waals surface area contributed by atoms with Gasteiger partial charge in [0.25, 0.3) is 5.91 Å². The largest absolute Gasteiger partial charge is 0.462 e. The van der Waals surface area contributed by atoms with E-state index in [9.17, 15) is 18.4 Å². The molecule has 160 valence electrons. The number of fused-ring (bicyclic) bond motifs is 1. The van der Waals surface area contributed by atoms with Crippen molar-refractivity contribution in [1.29, 1.82) is 0 Å². The summed E-state index contributed by atoms with van der Waals surface area (Å²) in [4.78, 5) is 27.2. The predicted molar refractivity (Wildman–Crippen MR) is 108 cm³/mol. The van der Waals surface area contributed by atoms with Crippen LogP contribution < -0.4 is 0 Å². The lowest BCUT2D eigenvalue weighted by Gasteiger charge is -2.30. The maximum Gasteiger partial charge on any atom is 0.341 e. The Morgan fingerprint density at radius 2 is 1.97 bits per heavy atom. The van der Waals surface area contributed by atoms with Gasteiger partial charge in [0.1, 0.15) is 5.57 Å². The molecule has 8 heteroatoms. The van der Waals surface area contributed by atoms with Crippen LogP contribution in [0.4, 0.5) is 8.78 Å². The highest BCUT2D eigenvalue weighted by Gasteiger charge is 2.39. The Morgan fingerprint density at radius 1 is 1.27 bits per heavy atom. The van der Waals surface area contributed by atoms with E-state index in [0.717, 1.165) is 23.4 Å². The van der Waals surface area contributed by atoms with Gasteiger partial charge in [-0.3, -0.25) is 9.89 Å². The van der Waals surface area contributed by atoms with Crippen molar-refractivity contribution in [2.75, 3.05) is 13.2 Å². The van der Waals surface area contributed by atoms with Crippen LogP contribution in [0.2, 0.25) is 0 Å². The van der Waals surface area contributed by atoms with Crippen LogP contribution in [0.25, 0.3) is 5.57 Å². The number of nitrogens with zero attached hydrogens (tertiary/aromatic N) is 2. The fraction of sp³-hybridized carbons (Fsp3) is 0.409. The zero-order chi connectivity index (χ0) is 22.2. The number of ether oxygens (including phenoxy) is 1. The topological polar surface area (TPSA) is 75.3 Å². The maximum atomic E-state index is 13.7. The van der Waals surface area contributed by atoms with E-state index in [-0.39, 0.29) is 30.2 Å². The lowest BCUT2D eigenvalue weighted by molar-refractivity contribution is -0.136. The van der Waals surface area contributed by atoms with Crippen molar-refractivity contribution < 1.29 is 23.1 Å². The predicted octanol–water partition coefficient (Wildman–Crippen LogP) is 4.15. The Hall–Kier alpha value is -3.03. The minimum absolute atomic E-state index is 0.0167. The lowest BCUT2D eigenvalue weighted by atomic mass is 9.80. The van der Waals surface area contributed by atoms with Crippen molar-refractivity contribution in [3.8, 4) is 0 Å². The molecule has 0 saturated carbocycles. The van der Waals surface area contributed by atoms with Crippen molar-refractivity contribution in [1.82, 2.24) is 15.1 Å². The van der Waals surface area contributed by atoms with E-state index < -0.39 is 28.9 Å². The van der Waals surface area contributed by atoms with E-state index in [2.05, 4.69) is 10.2 Å². The molecule has 2 heterocycles. The molecule has 30 heavy (non-hydrogen) atoms. The summed E-state index contributed by atoms with van der Waals surface area (Å²) in [6.45, 7) is 9.94. The van der Waals surface area contributed by atoms with Crippen LogP contribution in [0, 0.1) is 11.6 Å². The number of halogens is 2. The van der Waals surface area contributed by atoms with Crippen LogP contribution in [0.1, 0.15) is 67.8 Å². The first-order chi connectivity index (χ1) is 14.1. The highest BCUT2D eigenvalue weighted by Crippen LogP contribution is 2.39. The number of H-pyrrole nitrogens is 1. The zero-order valence-electron chi connectivity index (χ0n) is 17.7. The number of nitrogens with one attached hydrogen (secondary N) is 1. The van der Waals surface area contributed by atoms with Gasteiger partial charge in [-0.1, -0.05) is 27.7 Å². The van der Waals surface area contributed by atoms with Crippen LogP contribution in [-0.2, 0) is 14.9 Å². The molecule has 1 N–H and O–H groups in total. The fourth-order valence-corrected chi connectivity index (χ4v) is 3.71. The third-order valence-electron chi connectivity index (χ3n) is 5.06. The second-order valence-electron chi connectivity index (χ2n) is 8.22. The average Bonchev–Trinajstić information content (AvgIpc) is 3.08. The number of carbonyl (C=O) groups is 2. The van der Waals surface area contributed by atoms with E-state index in [1.54, 1.807) is 6.92 Å². The summed E-state index contributed by atoms with van der Waals surface area (Å²) in [6.07, 6.45) is 1.40. The number of hydrogen-bond acceptors (Lipinski definition) is 4. The molecule has 6 nitrogen and oxygen atoms in total. The molecule has 1 aliphatic rings. The van der Waals surface area contributed by atoms with Gasteiger partial charge in [0.2, 0.25) is 0 Å². The number of aromatic amines is 1. The Labute approximate surface area is 173 Å². The van der Waals surface area contributed by atoms with Crippen molar-refractivity contribution >= 4 is 17.4 Å². The Morgan fingerprint density at radius 3 is 2.57 bits per heavy atom. The van der Waals surface area contributed by atoms with Crippen LogP contribution in [0.15, 0.2) is 24.4 Å². The van der Waals surface area contributed by atoms with Crippen LogP contribution in [-0.4, -0.2) is 40.1 Å². The molecule has 0 radical (unpaired) electrons. The minimum atomic E-state index is -1.11. The highest BCUT2D eigenvalue weighted by molar-refractivity contribution is 6.17. The molecule has 0 atom stereocenters. The first-order valence-corrected chi connectivity index (χ1v) is 9.81. The van der Waals surface area contributed by atoms with Gasteiger partial charge in [0.05, 0.1) is 18.0 Å². The summed E-state index contributed by atoms with van der Waals surface area (Å²) < 4.78 is 32.2. The summed E-state index contributed by atoms with van der Waals surface area (Å²) in [6, 6.07) is 2.98. The van der Waals surface area contributed by atoms with E-state index in [4.69, 9.17) is 4.74 Å². The van der Waals surface area contributed by atoms with Gasteiger partial charge in [-0.2, -0.15) is 5.10 Å². The van der Waals surface area contributed by atoms with Crippen molar-refractivity contribution in [2.24, 2.45) is 0 Å². The monoisotopic (exact) mass is 417 g/mol. The molecule has 0 saturated heterocycles. The summed E-state index contributed by atoms with van der Waals surface area (Å²) >= 11 is 0. The van der Waals surface area contributed by atoms with E-state index >= 15 is 0 Å². The summed E-state index contributed by atoms with van der Waals surface area (Å²) in [5, 5.41) is 7.35. The number of aromatic nitrogens is 2. The van der Waals surface area contributed by atoms with E-state index in [1.807, 2.05) is 27.7 Å². The van der Waals surface area contributed by atoms with Gasteiger partial charge in [-0.05, 0) is 31.0 Å². The second-order valence-corrected chi connectivity index (χ2v) is 8.22. The number of benzene rings is 1. The van der Waals surface area contributed by atoms with Crippen molar-refractivity contribution in [3.63, 3.8) is 0 Å². The summed E-state index contributed by atoms with van der Waals surface area (Å²) in [7, 11) is 0. The molecule has 0 unspecified atom stereocenters. The highest BCUT2D eigenvalue weighted by atomic mass is 19.2. The normalized spacial score (nSPS) is 15.5. The van der Waals surface area contributed by atoms with Crippen molar-refractivity contribution in [2.45, 2.75) is 46.0 Å². The molecule has 1 amide bonds. The number of amides is 1. The van der Waals surface area contributed by atoms with Crippen LogP contribution >= 0.6 is 0 Å². The average molecular weight is 417 g/mol. The van der Waals surface area contributed by atoms with E-state index in [1.165, 1.54) is 17.2 Å². The first kappa shape index (κ1) is 21.7. The molecule has 2 aromatic rings. The first-order valence-electron chi connectivity index (χ1n) is 9.81. The minimum Gasteiger partial charge on any atom is -0.462 e. The van der Waals surface area contributed by atoms with E-state index in [0.29, 0.717) is 5.69 Å². The molecule has 0 bridgehead atoms. The van der Waals surface area contributed by atoms with Crippen molar-refractivity contribution in [3.05, 3.63) is 58.5 Å². The number of rotatable bonds is 4. The van der Waals surface area contributed by atoms with Crippen LogP contribution in [0.3, 0.4) is 0 Å². The number of carbonyl (C=O) groups excluding carboxylic acids is 2. The van der Waals surface area contributed by atoms with Gasteiger partial charge in [0.15, 0.2) is 11.6 Å². The number of esters is 1. The SMILES string of the molecule is CCOC(=O)C1=CN(C(=O)c2ccc(F)c(F)c2)CC(C)(C)c2c(C(C)C)n[nH]c21. The third-order valence-corrected chi connectivity index (χ3v) is 5.06. The fourth-order valence-electron chi connectivity index (χ4n) is 3.71. The molecule has 1 aliphatic heterocycles. The quantitative estimate of drug-likeness (QED) is 0.759. The molecule has 0 spiro atoms. The maximum absolute atomic E-state index is 13.7. The van der Waals surface area contributed by atoms with Gasteiger partial charge in [-0.25, -0.2) is 13.6 Å². The second kappa shape index (κ2) is 8.01. The molecule has 0 fully saturated rings. The molecular weight excluding hydrogens is 392 g/mol. The molecule has 3 rings (SSSR count). The van der Waals surface area contributed by atoms with Gasteiger partial charge < -0.3 is 9.64 Å².